The van der Waals surface area contributed by atoms with Crippen LogP contribution in [0.15, 0.2) is 48.5 Å². The molecule has 0 spiro atoms. The fourth-order valence-corrected chi connectivity index (χ4v) is 2.14. The number of halogens is 1. The van der Waals surface area contributed by atoms with Crippen molar-refractivity contribution in [3.05, 3.63) is 65.5 Å². The van der Waals surface area contributed by atoms with Gasteiger partial charge < -0.3 is 11.5 Å². The zero-order valence-electron chi connectivity index (χ0n) is 11.6. The van der Waals surface area contributed by atoms with Gasteiger partial charge in [0.1, 0.15) is 5.82 Å². The van der Waals surface area contributed by atoms with Gasteiger partial charge in [0, 0.05) is 24.3 Å². The summed E-state index contributed by atoms with van der Waals surface area (Å²) >= 11 is 0. The van der Waals surface area contributed by atoms with Crippen molar-refractivity contribution in [2.24, 2.45) is 5.73 Å². The Morgan fingerprint density at radius 3 is 2.33 bits per heavy atom. The molecule has 0 saturated heterocycles. The second-order valence-corrected chi connectivity index (χ2v) is 4.94. The average Bonchev–Trinajstić information content (AvgIpc) is 2.43. The smallest absolute Gasteiger partial charge is 0.231 e. The number of carbonyl (C=O) groups excluding carboxylic acids is 1. The van der Waals surface area contributed by atoms with Crippen LogP contribution >= 0.6 is 0 Å². The normalized spacial score (nSPS) is 10.8. The van der Waals surface area contributed by atoms with Crippen LogP contribution in [0.4, 0.5) is 10.1 Å². The highest BCUT2D eigenvalue weighted by atomic mass is 19.1. The average molecular weight is 287 g/mol. The van der Waals surface area contributed by atoms with Crippen molar-refractivity contribution in [2.75, 3.05) is 12.3 Å². The highest BCUT2D eigenvalue weighted by Crippen LogP contribution is 2.13. The number of hydrogen-bond acceptors (Lipinski definition) is 3. The molecule has 0 aliphatic carbocycles. The molecule has 0 aliphatic heterocycles. The number of anilines is 1. The van der Waals surface area contributed by atoms with Gasteiger partial charge >= 0.3 is 0 Å². The molecule has 0 radical (unpaired) electrons. The molecule has 5 heteroatoms. The lowest BCUT2D eigenvalue weighted by atomic mass is 10.1. The summed E-state index contributed by atoms with van der Waals surface area (Å²) in [6.07, 6.45) is 0. The summed E-state index contributed by atoms with van der Waals surface area (Å²) < 4.78 is 13.7. The Morgan fingerprint density at radius 2 is 1.71 bits per heavy atom. The number of nitrogens with zero attached hydrogens (tertiary/aromatic N) is 1. The number of nitrogens with two attached hydrogens (primary N) is 2. The van der Waals surface area contributed by atoms with Crippen LogP contribution in [-0.2, 0) is 17.9 Å². The van der Waals surface area contributed by atoms with Crippen molar-refractivity contribution in [1.29, 1.82) is 0 Å². The largest absolute Gasteiger partial charge is 0.399 e. The molecular weight excluding hydrogens is 269 g/mol. The number of primary amides is 1. The van der Waals surface area contributed by atoms with E-state index in [1.54, 1.807) is 35.2 Å². The fraction of sp³-hybridized carbons (Fsp3) is 0.188. The van der Waals surface area contributed by atoms with Gasteiger partial charge in [0.15, 0.2) is 0 Å². The molecule has 0 aliphatic rings. The van der Waals surface area contributed by atoms with Gasteiger partial charge in [0.05, 0.1) is 6.54 Å². The van der Waals surface area contributed by atoms with E-state index in [0.29, 0.717) is 24.3 Å². The Kier molecular flexibility index (Phi) is 4.90. The molecule has 0 unspecified atom stereocenters. The Labute approximate surface area is 123 Å². The van der Waals surface area contributed by atoms with Gasteiger partial charge in [0.2, 0.25) is 5.91 Å². The molecule has 0 atom stereocenters. The summed E-state index contributed by atoms with van der Waals surface area (Å²) in [6, 6.07) is 13.9. The molecular formula is C16H18FN3O. The van der Waals surface area contributed by atoms with E-state index >= 15 is 0 Å². The summed E-state index contributed by atoms with van der Waals surface area (Å²) in [5.41, 5.74) is 13.1. The first-order valence-electron chi connectivity index (χ1n) is 6.63. The van der Waals surface area contributed by atoms with E-state index in [4.69, 9.17) is 11.5 Å². The lowest BCUT2D eigenvalue weighted by Crippen LogP contribution is -2.33. The topological polar surface area (TPSA) is 72.4 Å². The molecule has 4 nitrogen and oxygen atoms in total. The third kappa shape index (κ3) is 4.57. The van der Waals surface area contributed by atoms with Crippen molar-refractivity contribution < 1.29 is 9.18 Å². The monoisotopic (exact) mass is 287 g/mol. The highest BCUT2D eigenvalue weighted by Gasteiger charge is 2.12. The molecule has 110 valence electrons. The molecule has 0 fully saturated rings. The third-order valence-electron chi connectivity index (χ3n) is 3.12. The highest BCUT2D eigenvalue weighted by molar-refractivity contribution is 5.75. The van der Waals surface area contributed by atoms with Crippen LogP contribution in [0.3, 0.4) is 0 Å². The number of hydrogen-bond donors (Lipinski definition) is 2. The molecule has 0 saturated carbocycles. The number of carbonyl (C=O) groups is 1. The van der Waals surface area contributed by atoms with Crippen LogP contribution in [-0.4, -0.2) is 17.4 Å². The summed E-state index contributed by atoms with van der Waals surface area (Å²) in [4.78, 5) is 13.0. The van der Waals surface area contributed by atoms with Crippen molar-refractivity contribution in [3.8, 4) is 0 Å². The summed E-state index contributed by atoms with van der Waals surface area (Å²) in [5.74, 6) is -0.730. The van der Waals surface area contributed by atoms with Crippen LogP contribution < -0.4 is 11.5 Å². The molecule has 0 bridgehead atoms. The van der Waals surface area contributed by atoms with Crippen molar-refractivity contribution in [3.63, 3.8) is 0 Å². The maximum absolute atomic E-state index is 13.7. The summed E-state index contributed by atoms with van der Waals surface area (Å²) in [6.45, 7) is 0.885. The van der Waals surface area contributed by atoms with Gasteiger partial charge in [-0.15, -0.1) is 0 Å². The molecule has 2 aromatic rings. The molecule has 0 aromatic heterocycles. The van der Waals surface area contributed by atoms with Crippen LogP contribution in [0.2, 0.25) is 0 Å². The van der Waals surface area contributed by atoms with Crippen LogP contribution in [0.1, 0.15) is 11.1 Å². The van der Waals surface area contributed by atoms with E-state index in [1.807, 2.05) is 12.1 Å². The molecule has 4 N–H and O–H groups in total. The second kappa shape index (κ2) is 6.85. The predicted octanol–water partition coefficient (Wildman–Crippen LogP) is 1.90. The first kappa shape index (κ1) is 15.0. The Balaban J connectivity index is 2.12. The van der Waals surface area contributed by atoms with Crippen molar-refractivity contribution in [1.82, 2.24) is 4.90 Å². The third-order valence-corrected chi connectivity index (χ3v) is 3.12. The van der Waals surface area contributed by atoms with Gasteiger partial charge in [0.25, 0.3) is 0 Å². The van der Waals surface area contributed by atoms with E-state index in [9.17, 15) is 9.18 Å². The van der Waals surface area contributed by atoms with Crippen LogP contribution in [0, 0.1) is 5.82 Å². The molecule has 21 heavy (non-hydrogen) atoms. The number of nitrogen functional groups attached to an aromatic ring is 1. The molecule has 1 amide bonds. The summed E-state index contributed by atoms with van der Waals surface area (Å²) in [7, 11) is 0. The Hall–Kier alpha value is -2.40. The second-order valence-electron chi connectivity index (χ2n) is 4.94. The minimum absolute atomic E-state index is 0.0682. The van der Waals surface area contributed by atoms with E-state index in [1.165, 1.54) is 6.07 Å². The van der Waals surface area contributed by atoms with Crippen LogP contribution in [0.5, 0.6) is 0 Å². The van der Waals surface area contributed by atoms with E-state index < -0.39 is 5.91 Å². The van der Waals surface area contributed by atoms with Crippen LogP contribution in [0.25, 0.3) is 0 Å². The van der Waals surface area contributed by atoms with Gasteiger partial charge in [-0.25, -0.2) is 4.39 Å². The molecule has 2 aromatic carbocycles. The van der Waals surface area contributed by atoms with E-state index in [-0.39, 0.29) is 12.4 Å². The zero-order valence-corrected chi connectivity index (χ0v) is 11.6. The lowest BCUT2D eigenvalue weighted by molar-refractivity contribution is -0.119. The fourth-order valence-electron chi connectivity index (χ4n) is 2.14. The SMILES string of the molecule is NC(=O)CN(Cc1ccc(N)cc1)Cc1ccccc1F. The quantitative estimate of drug-likeness (QED) is 0.797. The minimum atomic E-state index is -0.443. The number of amides is 1. The van der Waals surface area contributed by atoms with Gasteiger partial charge in [-0.2, -0.15) is 0 Å². The number of rotatable bonds is 6. The minimum Gasteiger partial charge on any atom is -0.399 e. The van der Waals surface area contributed by atoms with Gasteiger partial charge in [-0.3, -0.25) is 9.69 Å². The van der Waals surface area contributed by atoms with E-state index in [2.05, 4.69) is 0 Å². The lowest BCUT2D eigenvalue weighted by Gasteiger charge is -2.21. The van der Waals surface area contributed by atoms with E-state index in [0.717, 1.165) is 5.56 Å². The van der Waals surface area contributed by atoms with Gasteiger partial charge in [-0.05, 0) is 23.8 Å². The molecule has 0 heterocycles. The predicted molar refractivity (Wildman–Crippen MR) is 80.6 cm³/mol. The van der Waals surface area contributed by atoms with Gasteiger partial charge in [-0.1, -0.05) is 30.3 Å². The Morgan fingerprint density at radius 1 is 1.05 bits per heavy atom. The zero-order chi connectivity index (χ0) is 15.2. The first-order chi connectivity index (χ1) is 10.0. The summed E-state index contributed by atoms with van der Waals surface area (Å²) in [5, 5.41) is 0. The molecule has 2 rings (SSSR count). The number of benzene rings is 2. The first-order valence-corrected chi connectivity index (χ1v) is 6.63. The Bertz CT molecular complexity index is 613. The standard InChI is InChI=1S/C16H18FN3O/c17-15-4-2-1-3-13(15)10-20(11-16(19)21)9-12-5-7-14(18)8-6-12/h1-8H,9-11,18H2,(H2,19,21). The maximum Gasteiger partial charge on any atom is 0.231 e. The maximum atomic E-state index is 13.7. The van der Waals surface area contributed by atoms with Crippen molar-refractivity contribution in [2.45, 2.75) is 13.1 Å². The van der Waals surface area contributed by atoms with Crippen molar-refractivity contribution >= 4 is 11.6 Å².